The third-order valence-electron chi connectivity index (χ3n) is 4.10. The van der Waals surface area contributed by atoms with E-state index in [-0.39, 0.29) is 5.91 Å². The lowest BCUT2D eigenvalue weighted by atomic mass is 9.97. The summed E-state index contributed by atoms with van der Waals surface area (Å²) in [7, 11) is 0. The quantitative estimate of drug-likeness (QED) is 0.855. The first-order valence-electron chi connectivity index (χ1n) is 7.88. The zero-order chi connectivity index (χ0) is 16.9. The maximum absolute atomic E-state index is 12.3. The normalized spacial score (nSPS) is 15.1. The van der Waals surface area contributed by atoms with Gasteiger partial charge in [-0.1, -0.05) is 5.16 Å². The highest BCUT2D eigenvalue weighted by Gasteiger charge is 2.26. The van der Waals surface area contributed by atoms with Crippen LogP contribution < -0.4 is 4.74 Å². The first-order valence-corrected chi connectivity index (χ1v) is 7.88. The van der Waals surface area contributed by atoms with E-state index in [1.54, 1.807) is 36.2 Å². The Bertz CT molecular complexity index is 757. The van der Waals surface area contributed by atoms with Gasteiger partial charge in [-0.15, -0.1) is 0 Å². The highest BCUT2D eigenvalue weighted by molar-refractivity contribution is 5.92. The minimum atomic E-state index is -0.0947. The number of pyridine rings is 1. The fourth-order valence-corrected chi connectivity index (χ4v) is 2.72. The largest absolute Gasteiger partial charge is 0.476 e. The lowest BCUT2D eigenvalue weighted by molar-refractivity contribution is 0.0649. The number of ether oxygens (including phenoxy) is 1. The number of nitriles is 1. The van der Waals surface area contributed by atoms with Crippen LogP contribution in [0.2, 0.25) is 0 Å². The van der Waals surface area contributed by atoms with E-state index < -0.39 is 0 Å². The molecule has 1 saturated heterocycles. The molecule has 0 radical (unpaired) electrons. The van der Waals surface area contributed by atoms with Crippen molar-refractivity contribution in [3.05, 3.63) is 41.4 Å². The second kappa shape index (κ2) is 7.13. The Morgan fingerprint density at radius 3 is 2.96 bits per heavy atom. The van der Waals surface area contributed by atoms with Crippen LogP contribution in [-0.2, 0) is 0 Å². The zero-order valence-corrected chi connectivity index (χ0v) is 13.4. The number of carbonyl (C=O) groups excluding carboxylic acids is 1. The number of hydrogen-bond donors (Lipinski definition) is 0. The maximum Gasteiger partial charge on any atom is 0.276 e. The van der Waals surface area contributed by atoms with Gasteiger partial charge in [0.05, 0.1) is 6.61 Å². The minimum absolute atomic E-state index is 0.0947. The van der Waals surface area contributed by atoms with Gasteiger partial charge in [-0.25, -0.2) is 4.98 Å². The standard InChI is InChI=1S/C17H18N4O3/c1-12-9-15(20-24-12)17(22)21-7-4-13(5-8-21)11-23-16-14(10-18)3-2-6-19-16/h2-3,6,9,13H,4-5,7-8,11H2,1H3. The summed E-state index contributed by atoms with van der Waals surface area (Å²) in [4.78, 5) is 18.2. The molecule has 0 bridgehead atoms. The fraction of sp³-hybridized carbons (Fsp3) is 0.412. The van der Waals surface area contributed by atoms with Crippen molar-refractivity contribution >= 4 is 5.91 Å². The first kappa shape index (κ1) is 16.0. The van der Waals surface area contributed by atoms with Crippen molar-refractivity contribution in [1.29, 1.82) is 5.26 Å². The molecule has 0 atom stereocenters. The number of likely N-dealkylation sites (tertiary alicyclic amines) is 1. The molecular formula is C17H18N4O3. The van der Waals surface area contributed by atoms with Crippen molar-refractivity contribution in [2.75, 3.05) is 19.7 Å². The van der Waals surface area contributed by atoms with Gasteiger partial charge in [0.1, 0.15) is 17.4 Å². The number of amides is 1. The number of rotatable bonds is 4. The number of nitrogens with zero attached hydrogens (tertiary/aromatic N) is 4. The summed E-state index contributed by atoms with van der Waals surface area (Å²) in [6.07, 6.45) is 3.30. The van der Waals surface area contributed by atoms with Gasteiger partial charge in [0.25, 0.3) is 5.91 Å². The fourth-order valence-electron chi connectivity index (χ4n) is 2.72. The predicted molar refractivity (Wildman–Crippen MR) is 84.3 cm³/mol. The van der Waals surface area contributed by atoms with Crippen LogP contribution in [0.25, 0.3) is 0 Å². The second-order valence-corrected chi connectivity index (χ2v) is 5.84. The molecule has 0 saturated carbocycles. The SMILES string of the molecule is Cc1cc(C(=O)N2CCC(COc3ncccc3C#N)CC2)no1. The van der Waals surface area contributed by atoms with E-state index in [4.69, 9.17) is 14.5 Å². The van der Waals surface area contributed by atoms with Gasteiger partial charge in [0, 0.05) is 25.4 Å². The van der Waals surface area contributed by atoms with Gasteiger partial charge in [0.2, 0.25) is 5.88 Å². The van der Waals surface area contributed by atoms with E-state index in [1.807, 2.05) is 0 Å². The Morgan fingerprint density at radius 1 is 1.50 bits per heavy atom. The van der Waals surface area contributed by atoms with Crippen molar-refractivity contribution < 1.29 is 14.1 Å². The number of hydrogen-bond acceptors (Lipinski definition) is 6. The summed E-state index contributed by atoms with van der Waals surface area (Å²) >= 11 is 0. The smallest absolute Gasteiger partial charge is 0.276 e. The molecule has 1 fully saturated rings. The molecule has 1 aliphatic heterocycles. The maximum atomic E-state index is 12.3. The second-order valence-electron chi connectivity index (χ2n) is 5.84. The molecule has 0 spiro atoms. The van der Waals surface area contributed by atoms with Crippen molar-refractivity contribution in [3.8, 4) is 11.9 Å². The Labute approximate surface area is 139 Å². The summed E-state index contributed by atoms with van der Waals surface area (Å²) in [6, 6.07) is 7.12. The minimum Gasteiger partial charge on any atom is -0.476 e. The Balaban J connectivity index is 1.50. The van der Waals surface area contributed by atoms with E-state index in [2.05, 4.69) is 16.2 Å². The molecule has 0 aliphatic carbocycles. The van der Waals surface area contributed by atoms with Gasteiger partial charge in [-0.2, -0.15) is 5.26 Å². The molecule has 2 aromatic heterocycles. The first-order chi connectivity index (χ1) is 11.7. The Morgan fingerprint density at radius 2 is 2.29 bits per heavy atom. The predicted octanol–water partition coefficient (Wildman–Crippen LogP) is 2.18. The lowest BCUT2D eigenvalue weighted by Crippen LogP contribution is -2.39. The topological polar surface area (TPSA) is 92.2 Å². The molecule has 1 aliphatic rings. The van der Waals surface area contributed by atoms with Crippen LogP contribution in [0.1, 0.15) is 34.7 Å². The van der Waals surface area contributed by atoms with Crippen LogP contribution >= 0.6 is 0 Å². The third kappa shape index (κ3) is 3.54. The molecule has 0 aromatic carbocycles. The molecule has 7 heteroatoms. The van der Waals surface area contributed by atoms with Crippen molar-refractivity contribution in [1.82, 2.24) is 15.0 Å². The number of aromatic nitrogens is 2. The van der Waals surface area contributed by atoms with Crippen LogP contribution in [0.4, 0.5) is 0 Å². The van der Waals surface area contributed by atoms with E-state index in [0.717, 1.165) is 12.8 Å². The molecule has 24 heavy (non-hydrogen) atoms. The van der Waals surface area contributed by atoms with Crippen molar-refractivity contribution in [3.63, 3.8) is 0 Å². The van der Waals surface area contributed by atoms with E-state index in [0.29, 0.717) is 48.5 Å². The zero-order valence-electron chi connectivity index (χ0n) is 13.4. The van der Waals surface area contributed by atoms with Crippen molar-refractivity contribution in [2.24, 2.45) is 5.92 Å². The molecule has 1 amide bonds. The number of piperidine rings is 1. The van der Waals surface area contributed by atoms with Gasteiger partial charge in [0.15, 0.2) is 5.69 Å². The van der Waals surface area contributed by atoms with E-state index in [9.17, 15) is 4.79 Å². The summed E-state index contributed by atoms with van der Waals surface area (Å²) in [5.41, 5.74) is 0.792. The average Bonchev–Trinajstić information content (AvgIpc) is 3.06. The van der Waals surface area contributed by atoms with Crippen LogP contribution in [0.5, 0.6) is 5.88 Å². The van der Waals surface area contributed by atoms with Crippen LogP contribution in [0.3, 0.4) is 0 Å². The van der Waals surface area contributed by atoms with Gasteiger partial charge in [-0.3, -0.25) is 4.79 Å². The number of carbonyl (C=O) groups is 1. The number of aryl methyl sites for hydroxylation is 1. The average molecular weight is 326 g/mol. The molecule has 3 heterocycles. The van der Waals surface area contributed by atoms with Gasteiger partial charge < -0.3 is 14.2 Å². The molecule has 0 unspecified atom stereocenters. The van der Waals surface area contributed by atoms with E-state index in [1.165, 1.54) is 0 Å². The monoisotopic (exact) mass is 326 g/mol. The lowest BCUT2D eigenvalue weighted by Gasteiger charge is -2.31. The molecule has 124 valence electrons. The molecule has 3 rings (SSSR count). The van der Waals surface area contributed by atoms with Gasteiger partial charge in [-0.05, 0) is 37.8 Å². The highest BCUT2D eigenvalue weighted by atomic mass is 16.5. The van der Waals surface area contributed by atoms with Crippen LogP contribution in [-0.4, -0.2) is 40.6 Å². The molecule has 0 N–H and O–H groups in total. The summed E-state index contributed by atoms with van der Waals surface area (Å²) in [6.45, 7) is 3.58. The Hall–Kier alpha value is -2.88. The summed E-state index contributed by atoms with van der Waals surface area (Å²) < 4.78 is 10.6. The van der Waals surface area contributed by atoms with Gasteiger partial charge >= 0.3 is 0 Å². The third-order valence-corrected chi connectivity index (χ3v) is 4.10. The summed E-state index contributed by atoms with van der Waals surface area (Å²) in [5, 5.41) is 12.8. The highest BCUT2D eigenvalue weighted by Crippen LogP contribution is 2.21. The molecular weight excluding hydrogens is 308 g/mol. The van der Waals surface area contributed by atoms with Crippen molar-refractivity contribution in [2.45, 2.75) is 19.8 Å². The summed E-state index contributed by atoms with van der Waals surface area (Å²) in [5.74, 6) is 1.24. The molecule has 7 nitrogen and oxygen atoms in total. The molecule has 2 aromatic rings. The van der Waals surface area contributed by atoms with E-state index >= 15 is 0 Å². The van der Waals surface area contributed by atoms with Crippen LogP contribution in [0, 0.1) is 24.2 Å². The van der Waals surface area contributed by atoms with Crippen LogP contribution in [0.15, 0.2) is 28.9 Å². The Kier molecular flexibility index (Phi) is 4.75.